The lowest BCUT2D eigenvalue weighted by Crippen LogP contribution is -2.10. The summed E-state index contributed by atoms with van der Waals surface area (Å²) in [5.41, 5.74) is 2.29. The highest BCUT2D eigenvalue weighted by Crippen LogP contribution is 2.40. The lowest BCUT2D eigenvalue weighted by atomic mass is 9.95. The Kier molecular flexibility index (Phi) is 2.76. The molecule has 0 bridgehead atoms. The van der Waals surface area contributed by atoms with Crippen LogP contribution in [0.3, 0.4) is 0 Å². The molecule has 1 unspecified atom stereocenters. The predicted octanol–water partition coefficient (Wildman–Crippen LogP) is 3.14. The Morgan fingerprint density at radius 1 is 1.40 bits per heavy atom. The van der Waals surface area contributed by atoms with Gasteiger partial charge in [-0.1, -0.05) is 31.2 Å². The molecule has 1 atom stereocenters. The first-order valence-electron chi connectivity index (χ1n) is 5.55. The van der Waals surface area contributed by atoms with Gasteiger partial charge in [-0.3, -0.25) is 4.79 Å². The van der Waals surface area contributed by atoms with Crippen molar-refractivity contribution in [3.05, 3.63) is 35.4 Å². The normalized spacial score (nSPS) is 17.4. The second-order valence-corrected chi connectivity index (χ2v) is 4.24. The Hall–Kier alpha value is -1.31. The van der Waals surface area contributed by atoms with E-state index in [0.29, 0.717) is 6.42 Å². The third kappa shape index (κ3) is 2.20. The average molecular weight is 204 g/mol. The number of carboxylic acids is 1. The minimum absolute atomic E-state index is 0.349. The van der Waals surface area contributed by atoms with E-state index in [1.54, 1.807) is 0 Å². The summed E-state index contributed by atoms with van der Waals surface area (Å²) in [7, 11) is 0. The minimum atomic E-state index is -0.725. The SMILES string of the molecule is CCC(C(=O)O)c1ccc(C2CC2)cc1. The van der Waals surface area contributed by atoms with Crippen LogP contribution in [0, 0.1) is 0 Å². The van der Waals surface area contributed by atoms with Gasteiger partial charge in [0.25, 0.3) is 0 Å². The molecule has 0 saturated heterocycles. The van der Waals surface area contributed by atoms with Crippen LogP contribution in [0.15, 0.2) is 24.3 Å². The van der Waals surface area contributed by atoms with Crippen molar-refractivity contribution < 1.29 is 9.90 Å². The maximum Gasteiger partial charge on any atom is 0.310 e. The van der Waals surface area contributed by atoms with E-state index in [4.69, 9.17) is 5.11 Å². The van der Waals surface area contributed by atoms with Crippen molar-refractivity contribution in [2.24, 2.45) is 0 Å². The van der Waals surface area contributed by atoms with Crippen LogP contribution in [0.4, 0.5) is 0 Å². The van der Waals surface area contributed by atoms with Gasteiger partial charge in [0.1, 0.15) is 0 Å². The number of carboxylic acid groups (broad SMARTS) is 1. The first-order valence-corrected chi connectivity index (χ1v) is 5.55. The van der Waals surface area contributed by atoms with Crippen LogP contribution < -0.4 is 0 Å². The van der Waals surface area contributed by atoms with Crippen LogP contribution in [0.5, 0.6) is 0 Å². The van der Waals surface area contributed by atoms with Crippen molar-refractivity contribution in [3.63, 3.8) is 0 Å². The molecule has 1 aliphatic carbocycles. The summed E-state index contributed by atoms with van der Waals surface area (Å²) in [6.07, 6.45) is 3.23. The fourth-order valence-electron chi connectivity index (χ4n) is 1.97. The summed E-state index contributed by atoms with van der Waals surface area (Å²) in [6, 6.07) is 8.10. The number of carbonyl (C=O) groups is 1. The maximum absolute atomic E-state index is 11.0. The summed E-state index contributed by atoms with van der Waals surface area (Å²) in [6.45, 7) is 1.91. The zero-order valence-corrected chi connectivity index (χ0v) is 8.94. The van der Waals surface area contributed by atoms with Crippen molar-refractivity contribution in [2.45, 2.75) is 38.0 Å². The molecule has 2 nitrogen and oxygen atoms in total. The molecule has 80 valence electrons. The molecule has 1 saturated carbocycles. The lowest BCUT2D eigenvalue weighted by Gasteiger charge is -2.10. The van der Waals surface area contributed by atoms with Gasteiger partial charge in [0, 0.05) is 0 Å². The van der Waals surface area contributed by atoms with E-state index in [2.05, 4.69) is 12.1 Å². The van der Waals surface area contributed by atoms with Gasteiger partial charge in [-0.2, -0.15) is 0 Å². The van der Waals surface area contributed by atoms with Crippen LogP contribution in [0.1, 0.15) is 49.1 Å². The maximum atomic E-state index is 11.0. The molecular formula is C13H16O2. The van der Waals surface area contributed by atoms with E-state index < -0.39 is 5.97 Å². The third-order valence-corrected chi connectivity index (χ3v) is 3.09. The molecule has 1 aromatic rings. The summed E-state index contributed by atoms with van der Waals surface area (Å²) in [5.74, 6) is -0.334. The van der Waals surface area contributed by atoms with E-state index in [1.807, 2.05) is 19.1 Å². The van der Waals surface area contributed by atoms with Gasteiger partial charge in [-0.05, 0) is 36.3 Å². The third-order valence-electron chi connectivity index (χ3n) is 3.09. The van der Waals surface area contributed by atoms with Crippen LogP contribution >= 0.6 is 0 Å². The molecule has 1 aliphatic rings. The van der Waals surface area contributed by atoms with Crippen molar-refractivity contribution in [3.8, 4) is 0 Å². The zero-order chi connectivity index (χ0) is 10.8. The summed E-state index contributed by atoms with van der Waals surface area (Å²) in [4.78, 5) is 11.0. The molecule has 2 heteroatoms. The van der Waals surface area contributed by atoms with Crippen LogP contribution in [-0.2, 0) is 4.79 Å². The van der Waals surface area contributed by atoms with Gasteiger partial charge in [-0.25, -0.2) is 0 Å². The summed E-state index contributed by atoms with van der Waals surface area (Å²) < 4.78 is 0. The van der Waals surface area contributed by atoms with E-state index >= 15 is 0 Å². The highest BCUT2D eigenvalue weighted by Gasteiger charge is 2.24. The van der Waals surface area contributed by atoms with Gasteiger partial charge in [-0.15, -0.1) is 0 Å². The second-order valence-electron chi connectivity index (χ2n) is 4.24. The molecule has 1 N–H and O–H groups in total. The highest BCUT2D eigenvalue weighted by molar-refractivity contribution is 5.75. The Morgan fingerprint density at radius 3 is 2.40 bits per heavy atom. The lowest BCUT2D eigenvalue weighted by molar-refractivity contribution is -0.138. The largest absolute Gasteiger partial charge is 0.481 e. The Bertz CT molecular complexity index is 349. The van der Waals surface area contributed by atoms with E-state index in [0.717, 1.165) is 11.5 Å². The highest BCUT2D eigenvalue weighted by atomic mass is 16.4. The molecule has 2 rings (SSSR count). The molecule has 0 heterocycles. The zero-order valence-electron chi connectivity index (χ0n) is 8.94. The molecule has 1 aromatic carbocycles. The Labute approximate surface area is 89.9 Å². The van der Waals surface area contributed by atoms with E-state index in [9.17, 15) is 4.79 Å². The number of benzene rings is 1. The van der Waals surface area contributed by atoms with Crippen molar-refractivity contribution in [1.29, 1.82) is 0 Å². The van der Waals surface area contributed by atoms with Crippen LogP contribution in [-0.4, -0.2) is 11.1 Å². The Morgan fingerprint density at radius 2 is 2.00 bits per heavy atom. The summed E-state index contributed by atoms with van der Waals surface area (Å²) >= 11 is 0. The molecule has 0 aliphatic heterocycles. The second kappa shape index (κ2) is 4.05. The number of rotatable bonds is 4. The first-order chi connectivity index (χ1) is 7.22. The van der Waals surface area contributed by atoms with E-state index in [-0.39, 0.29) is 5.92 Å². The van der Waals surface area contributed by atoms with Gasteiger partial charge in [0.15, 0.2) is 0 Å². The molecule has 0 spiro atoms. The van der Waals surface area contributed by atoms with Gasteiger partial charge in [0.05, 0.1) is 5.92 Å². The first kappa shape index (κ1) is 10.2. The fraction of sp³-hybridized carbons (Fsp3) is 0.462. The molecule has 15 heavy (non-hydrogen) atoms. The Balaban J connectivity index is 2.17. The molecular weight excluding hydrogens is 188 g/mol. The molecule has 1 fully saturated rings. The smallest absolute Gasteiger partial charge is 0.310 e. The van der Waals surface area contributed by atoms with Crippen LogP contribution in [0.2, 0.25) is 0 Å². The molecule has 0 amide bonds. The van der Waals surface area contributed by atoms with Gasteiger partial charge < -0.3 is 5.11 Å². The standard InChI is InChI=1S/C13H16O2/c1-2-12(13(14)15)11-7-5-10(6-8-11)9-3-4-9/h5-9,12H,2-4H2,1H3,(H,14,15). The number of aliphatic carboxylic acids is 1. The van der Waals surface area contributed by atoms with Crippen molar-refractivity contribution in [1.82, 2.24) is 0 Å². The number of hydrogen-bond acceptors (Lipinski definition) is 1. The van der Waals surface area contributed by atoms with Crippen molar-refractivity contribution in [2.75, 3.05) is 0 Å². The van der Waals surface area contributed by atoms with E-state index in [1.165, 1.54) is 18.4 Å². The quantitative estimate of drug-likeness (QED) is 0.818. The van der Waals surface area contributed by atoms with Crippen molar-refractivity contribution >= 4 is 5.97 Å². The minimum Gasteiger partial charge on any atom is -0.481 e. The van der Waals surface area contributed by atoms with Crippen LogP contribution in [0.25, 0.3) is 0 Å². The van der Waals surface area contributed by atoms with Gasteiger partial charge in [0.2, 0.25) is 0 Å². The molecule has 0 radical (unpaired) electrons. The predicted molar refractivity (Wildman–Crippen MR) is 59.1 cm³/mol. The molecule has 0 aromatic heterocycles. The van der Waals surface area contributed by atoms with Gasteiger partial charge >= 0.3 is 5.97 Å². The fourth-order valence-corrected chi connectivity index (χ4v) is 1.97. The summed E-state index contributed by atoms with van der Waals surface area (Å²) in [5, 5.41) is 9.02. The number of hydrogen-bond donors (Lipinski definition) is 1. The average Bonchev–Trinajstić information content (AvgIpc) is 3.03. The topological polar surface area (TPSA) is 37.3 Å². The monoisotopic (exact) mass is 204 g/mol.